The van der Waals surface area contributed by atoms with Crippen molar-refractivity contribution in [2.45, 2.75) is 39.2 Å². The summed E-state index contributed by atoms with van der Waals surface area (Å²) in [5.41, 5.74) is 3.76. The maximum atomic E-state index is 13.4. The van der Waals surface area contributed by atoms with E-state index in [1.165, 1.54) is 12.1 Å². The van der Waals surface area contributed by atoms with Crippen LogP contribution in [-0.4, -0.2) is 53.7 Å². The molecule has 2 aliphatic rings. The summed E-state index contributed by atoms with van der Waals surface area (Å²) in [6, 6.07) is 14.1. The molecule has 7 heteroatoms. The molecule has 0 aliphatic carbocycles. The minimum Gasteiger partial charge on any atom is -0.466 e. The number of amides is 1. The van der Waals surface area contributed by atoms with Crippen LogP contribution in [0.3, 0.4) is 0 Å². The number of carbonyl (C=O) groups is 2. The van der Waals surface area contributed by atoms with E-state index in [1.54, 1.807) is 17.1 Å². The van der Waals surface area contributed by atoms with Crippen LogP contribution in [0.2, 0.25) is 0 Å². The highest BCUT2D eigenvalue weighted by Crippen LogP contribution is 2.34. The first-order chi connectivity index (χ1) is 16.0. The molecular formula is C26H30FN3O3. The van der Waals surface area contributed by atoms with Crippen LogP contribution in [0.25, 0.3) is 0 Å². The van der Waals surface area contributed by atoms with Crippen molar-refractivity contribution >= 4 is 17.6 Å². The molecule has 0 spiro atoms. The Hall–Kier alpha value is -3.06. The summed E-state index contributed by atoms with van der Waals surface area (Å²) in [5, 5.41) is 6.29. The average molecular weight is 452 g/mol. The van der Waals surface area contributed by atoms with Gasteiger partial charge in [0.2, 0.25) is 0 Å². The molecule has 0 aromatic heterocycles. The fraction of sp³-hybridized carbons (Fsp3) is 0.423. The average Bonchev–Trinajstić information content (AvgIpc) is 3.26. The molecule has 0 saturated carbocycles. The molecule has 0 unspecified atom stereocenters. The minimum atomic E-state index is -0.299. The van der Waals surface area contributed by atoms with Crippen molar-refractivity contribution in [3.05, 3.63) is 71.0 Å². The zero-order valence-corrected chi connectivity index (χ0v) is 19.2. The van der Waals surface area contributed by atoms with Crippen molar-refractivity contribution in [2.75, 3.05) is 26.2 Å². The maximum absolute atomic E-state index is 13.4. The van der Waals surface area contributed by atoms with Crippen LogP contribution < -0.4 is 0 Å². The van der Waals surface area contributed by atoms with Gasteiger partial charge in [0, 0.05) is 6.42 Å². The van der Waals surface area contributed by atoms with Gasteiger partial charge in [0.25, 0.3) is 5.91 Å². The smallest absolute Gasteiger partial charge is 0.309 e. The number of halogens is 1. The molecule has 1 amide bonds. The second-order valence-corrected chi connectivity index (χ2v) is 8.67. The molecule has 0 N–H and O–H groups in total. The van der Waals surface area contributed by atoms with Gasteiger partial charge in [0.15, 0.2) is 0 Å². The summed E-state index contributed by atoms with van der Waals surface area (Å²) in [4.78, 5) is 27.5. The molecule has 0 radical (unpaired) electrons. The number of hydrogen-bond donors (Lipinski definition) is 0. The van der Waals surface area contributed by atoms with Gasteiger partial charge < -0.3 is 4.74 Å². The van der Waals surface area contributed by atoms with Crippen LogP contribution in [0.5, 0.6) is 0 Å². The van der Waals surface area contributed by atoms with Crippen molar-refractivity contribution in [3.63, 3.8) is 0 Å². The molecule has 4 rings (SSSR count). The Labute approximate surface area is 194 Å². The first-order valence-corrected chi connectivity index (χ1v) is 11.6. The van der Waals surface area contributed by atoms with Gasteiger partial charge in [-0.25, -0.2) is 9.40 Å². The number of hydrogen-bond acceptors (Lipinski definition) is 5. The van der Waals surface area contributed by atoms with Gasteiger partial charge in [0.1, 0.15) is 5.82 Å². The lowest BCUT2D eigenvalue weighted by molar-refractivity contribution is -0.149. The van der Waals surface area contributed by atoms with Gasteiger partial charge >= 0.3 is 5.97 Å². The Balaban J connectivity index is 1.49. The molecule has 6 nitrogen and oxygen atoms in total. The van der Waals surface area contributed by atoms with Gasteiger partial charge in [-0.05, 0) is 68.6 Å². The van der Waals surface area contributed by atoms with Crippen LogP contribution in [-0.2, 0) is 14.3 Å². The Morgan fingerprint density at radius 1 is 1.09 bits per heavy atom. The van der Waals surface area contributed by atoms with Gasteiger partial charge in [-0.3, -0.25) is 14.5 Å². The van der Waals surface area contributed by atoms with Crippen LogP contribution >= 0.6 is 0 Å². The second kappa shape index (κ2) is 10.3. The third-order valence-electron chi connectivity index (χ3n) is 6.46. The lowest BCUT2D eigenvalue weighted by atomic mass is 9.95. The summed E-state index contributed by atoms with van der Waals surface area (Å²) < 4.78 is 18.6. The highest BCUT2D eigenvalue weighted by Gasteiger charge is 2.35. The second-order valence-electron chi connectivity index (χ2n) is 8.67. The predicted octanol–water partition coefficient (Wildman–Crippen LogP) is 4.09. The topological polar surface area (TPSA) is 62.2 Å². The van der Waals surface area contributed by atoms with Crippen molar-refractivity contribution in [1.82, 2.24) is 9.91 Å². The SMILES string of the molecule is CCOC(=O)C1CCN(CC(=O)N2N=C(c3ccc(F)cc3)C[C@H]2c2ccccc2C)CC1. The number of rotatable bonds is 6. The molecule has 2 aromatic rings. The number of aryl methyl sites for hydroxylation is 1. The van der Waals surface area contributed by atoms with Crippen molar-refractivity contribution in [1.29, 1.82) is 0 Å². The first kappa shape index (κ1) is 23.1. The number of nitrogens with zero attached hydrogens (tertiary/aromatic N) is 3. The van der Waals surface area contributed by atoms with E-state index in [0.29, 0.717) is 39.0 Å². The molecule has 33 heavy (non-hydrogen) atoms. The number of carbonyl (C=O) groups excluding carboxylic acids is 2. The zero-order valence-electron chi connectivity index (χ0n) is 19.2. The van der Waals surface area contributed by atoms with Crippen molar-refractivity contribution in [2.24, 2.45) is 11.0 Å². The number of piperidine rings is 1. The molecule has 2 heterocycles. The van der Waals surface area contributed by atoms with Crippen molar-refractivity contribution < 1.29 is 18.7 Å². The summed E-state index contributed by atoms with van der Waals surface area (Å²) in [7, 11) is 0. The fourth-order valence-electron chi connectivity index (χ4n) is 4.61. The number of likely N-dealkylation sites (tertiary alicyclic amines) is 1. The van der Waals surface area contributed by atoms with Gasteiger partial charge in [-0.2, -0.15) is 5.10 Å². The summed E-state index contributed by atoms with van der Waals surface area (Å²) in [5.74, 6) is -0.607. The van der Waals surface area contributed by atoms with Gasteiger partial charge in [-0.15, -0.1) is 0 Å². The standard InChI is InChI=1S/C26H30FN3O3/c1-3-33-26(32)20-12-14-29(15-13-20)17-25(31)30-24(22-7-5-4-6-18(22)2)16-23(28-30)19-8-10-21(27)11-9-19/h4-11,20,24H,3,12-17H2,1-2H3/t24-/m0/s1. The Morgan fingerprint density at radius 3 is 2.45 bits per heavy atom. The van der Waals surface area contributed by atoms with Crippen LogP contribution in [0.15, 0.2) is 53.6 Å². The van der Waals surface area contributed by atoms with E-state index in [4.69, 9.17) is 9.84 Å². The molecule has 1 atom stereocenters. The van der Waals surface area contributed by atoms with E-state index in [1.807, 2.05) is 38.1 Å². The largest absolute Gasteiger partial charge is 0.466 e. The Morgan fingerprint density at radius 2 is 1.79 bits per heavy atom. The predicted molar refractivity (Wildman–Crippen MR) is 124 cm³/mol. The zero-order chi connectivity index (χ0) is 23.4. The number of hydrazone groups is 1. The number of ether oxygens (including phenoxy) is 1. The molecule has 174 valence electrons. The molecular weight excluding hydrogens is 421 g/mol. The number of benzene rings is 2. The van der Waals surface area contributed by atoms with Crippen molar-refractivity contribution in [3.8, 4) is 0 Å². The summed E-state index contributed by atoms with van der Waals surface area (Å²) in [6.07, 6.45) is 1.96. The molecule has 0 bridgehead atoms. The van der Waals surface area contributed by atoms with E-state index >= 15 is 0 Å². The summed E-state index contributed by atoms with van der Waals surface area (Å²) >= 11 is 0. The highest BCUT2D eigenvalue weighted by atomic mass is 19.1. The van der Waals surface area contributed by atoms with E-state index < -0.39 is 0 Å². The Bertz CT molecular complexity index is 1030. The van der Waals surface area contributed by atoms with E-state index in [0.717, 1.165) is 22.4 Å². The highest BCUT2D eigenvalue weighted by molar-refractivity contribution is 6.03. The normalized spacial score (nSPS) is 19.4. The van der Waals surface area contributed by atoms with E-state index in [2.05, 4.69) is 4.90 Å². The van der Waals surface area contributed by atoms with Crippen LogP contribution in [0, 0.1) is 18.7 Å². The third kappa shape index (κ3) is 5.30. The van der Waals surface area contributed by atoms with Crippen LogP contribution in [0.4, 0.5) is 4.39 Å². The lowest BCUT2D eigenvalue weighted by Crippen LogP contribution is -2.43. The summed E-state index contributed by atoms with van der Waals surface area (Å²) in [6.45, 7) is 5.83. The van der Waals surface area contributed by atoms with Gasteiger partial charge in [0.05, 0.1) is 30.8 Å². The molecule has 2 aromatic carbocycles. The Kier molecular flexibility index (Phi) is 7.18. The minimum absolute atomic E-state index is 0.0741. The first-order valence-electron chi connectivity index (χ1n) is 11.6. The van der Waals surface area contributed by atoms with Crippen LogP contribution in [0.1, 0.15) is 48.9 Å². The van der Waals surface area contributed by atoms with Gasteiger partial charge in [-0.1, -0.05) is 36.4 Å². The fourth-order valence-corrected chi connectivity index (χ4v) is 4.61. The lowest BCUT2D eigenvalue weighted by Gasteiger charge is -2.32. The third-order valence-corrected chi connectivity index (χ3v) is 6.46. The molecule has 1 saturated heterocycles. The quantitative estimate of drug-likeness (QED) is 0.621. The van der Waals surface area contributed by atoms with E-state index in [-0.39, 0.29) is 36.2 Å². The molecule has 1 fully saturated rings. The number of esters is 1. The monoisotopic (exact) mass is 451 g/mol. The molecule has 2 aliphatic heterocycles. The van der Waals surface area contributed by atoms with E-state index in [9.17, 15) is 14.0 Å². The maximum Gasteiger partial charge on any atom is 0.309 e.